The second kappa shape index (κ2) is 26.3. The van der Waals surface area contributed by atoms with Gasteiger partial charge in [0.25, 0.3) is 0 Å². The highest BCUT2D eigenvalue weighted by Crippen LogP contribution is 2.23. The van der Waals surface area contributed by atoms with Gasteiger partial charge >= 0.3 is 0 Å². The highest BCUT2D eigenvalue weighted by atomic mass is 14.6. The van der Waals surface area contributed by atoms with Gasteiger partial charge in [0.1, 0.15) is 0 Å². The fraction of sp³-hybridized carbons (Fsp3) is 0.538. The molecule has 0 heterocycles. The summed E-state index contributed by atoms with van der Waals surface area (Å²) < 4.78 is 0. The van der Waals surface area contributed by atoms with Crippen LogP contribution in [-0.4, -0.2) is 0 Å². The van der Waals surface area contributed by atoms with Gasteiger partial charge in [-0.2, -0.15) is 0 Å². The Balaban J connectivity index is 0.991. The van der Waals surface area contributed by atoms with Crippen molar-refractivity contribution in [2.24, 2.45) is 0 Å². The molecule has 0 saturated carbocycles. The predicted molar refractivity (Wildman–Crippen MR) is 239 cm³/mol. The van der Waals surface area contributed by atoms with Crippen molar-refractivity contribution in [1.82, 2.24) is 0 Å². The number of anilines is 2. The molecular weight excluding hydrogens is 653 g/mol. The van der Waals surface area contributed by atoms with Crippen molar-refractivity contribution in [2.45, 2.75) is 181 Å². The van der Waals surface area contributed by atoms with Crippen molar-refractivity contribution in [3.8, 4) is 0 Å². The number of hydrogen-bond donors (Lipinski definition) is 2. The van der Waals surface area contributed by atoms with E-state index in [1.165, 1.54) is 186 Å². The molecule has 0 amide bonds. The minimum Gasteiger partial charge on any atom is -0.399 e. The molecule has 0 aliphatic carbocycles. The normalized spacial score (nSPS) is 11.4. The van der Waals surface area contributed by atoms with Crippen molar-refractivity contribution >= 4 is 11.4 Å². The van der Waals surface area contributed by atoms with Crippen LogP contribution in [0.3, 0.4) is 0 Å². The molecule has 4 aromatic carbocycles. The number of aryl methyl sites for hydroxylation is 4. The van der Waals surface area contributed by atoms with Crippen LogP contribution in [0.15, 0.2) is 84.9 Å². The van der Waals surface area contributed by atoms with E-state index in [-0.39, 0.29) is 0 Å². The lowest BCUT2D eigenvalue weighted by atomic mass is 9.97. The topological polar surface area (TPSA) is 52.0 Å². The van der Waals surface area contributed by atoms with Gasteiger partial charge in [-0.1, -0.05) is 189 Å². The van der Waals surface area contributed by atoms with Crippen LogP contribution >= 0.6 is 0 Å². The number of rotatable bonds is 29. The van der Waals surface area contributed by atoms with Gasteiger partial charge in [0, 0.05) is 11.4 Å². The van der Waals surface area contributed by atoms with Crippen molar-refractivity contribution in [1.29, 1.82) is 0 Å². The molecule has 0 atom stereocenters. The first kappa shape index (κ1) is 43.2. The maximum Gasteiger partial charge on any atom is 0.0346 e. The summed E-state index contributed by atoms with van der Waals surface area (Å²) >= 11 is 0. The van der Waals surface area contributed by atoms with Gasteiger partial charge in [-0.3, -0.25) is 0 Å². The second-order valence-corrected chi connectivity index (χ2v) is 16.4. The number of nitrogens with two attached hydrogens (primary N) is 2. The lowest BCUT2D eigenvalue weighted by Gasteiger charge is -2.10. The summed E-state index contributed by atoms with van der Waals surface area (Å²) in [6, 6.07) is 32.1. The Kier molecular flexibility index (Phi) is 21.1. The number of hydrogen-bond acceptors (Lipinski definition) is 2. The second-order valence-electron chi connectivity index (χ2n) is 16.4. The third-order valence-corrected chi connectivity index (χ3v) is 11.6. The lowest BCUT2D eigenvalue weighted by Crippen LogP contribution is -1.98. The molecule has 4 rings (SSSR count). The fourth-order valence-electron chi connectivity index (χ4n) is 8.00. The van der Waals surface area contributed by atoms with E-state index in [0.717, 1.165) is 37.1 Å². The number of nitrogen functional groups attached to an aromatic ring is 2. The quantitative estimate of drug-likeness (QED) is 0.0432. The predicted octanol–water partition coefficient (Wildman–Crippen LogP) is 14.7. The van der Waals surface area contributed by atoms with E-state index in [1.807, 2.05) is 0 Å². The van der Waals surface area contributed by atoms with Crippen molar-refractivity contribution in [3.05, 3.63) is 129 Å². The summed E-state index contributed by atoms with van der Waals surface area (Å²) in [5.41, 5.74) is 25.7. The van der Waals surface area contributed by atoms with Gasteiger partial charge in [-0.05, 0) is 121 Å². The summed E-state index contributed by atoms with van der Waals surface area (Å²) in [5, 5.41) is 0. The SMILES string of the molecule is CCCCCCCc1cc(Cc2ccc(CCCCCCCCCCCCc3ccc(Cc4ccc(N)c(CCCCCCC)c4)cc3)cc2)ccc1N. The van der Waals surface area contributed by atoms with Crippen LogP contribution in [0.5, 0.6) is 0 Å². The third-order valence-electron chi connectivity index (χ3n) is 11.6. The third kappa shape index (κ3) is 17.3. The summed E-state index contributed by atoms with van der Waals surface area (Å²) in [7, 11) is 0. The Labute approximate surface area is 332 Å². The maximum atomic E-state index is 6.31. The molecule has 0 unspecified atom stereocenters. The highest BCUT2D eigenvalue weighted by molar-refractivity contribution is 5.50. The van der Waals surface area contributed by atoms with Crippen LogP contribution in [0, 0.1) is 0 Å². The van der Waals surface area contributed by atoms with Crippen LogP contribution in [0.25, 0.3) is 0 Å². The first-order valence-electron chi connectivity index (χ1n) is 22.4. The molecule has 294 valence electrons. The van der Waals surface area contributed by atoms with Crippen LogP contribution in [0.1, 0.15) is 187 Å². The van der Waals surface area contributed by atoms with Gasteiger partial charge in [0.15, 0.2) is 0 Å². The molecule has 4 aromatic rings. The first-order valence-corrected chi connectivity index (χ1v) is 22.4. The molecule has 2 heteroatoms. The molecule has 4 N–H and O–H groups in total. The van der Waals surface area contributed by atoms with E-state index >= 15 is 0 Å². The molecule has 0 saturated heterocycles. The Morgan fingerprint density at radius 2 is 0.574 bits per heavy atom. The largest absolute Gasteiger partial charge is 0.399 e. The van der Waals surface area contributed by atoms with Crippen LogP contribution in [0.2, 0.25) is 0 Å². The average molecular weight is 729 g/mol. The molecule has 2 nitrogen and oxygen atoms in total. The molecule has 0 aromatic heterocycles. The fourth-order valence-corrected chi connectivity index (χ4v) is 8.00. The lowest BCUT2D eigenvalue weighted by molar-refractivity contribution is 0.551. The molecule has 54 heavy (non-hydrogen) atoms. The molecule has 0 radical (unpaired) electrons. The molecule has 0 bridgehead atoms. The standard InChI is InChI=1S/C52H76N2/c1-3-5-7-15-21-25-49-41-47(35-37-51(49)53)39-45-31-27-43(28-32-45)23-19-17-13-11-9-10-12-14-18-20-24-44-29-33-46(34-30-44)40-48-36-38-52(54)50(42-48)26-22-16-8-6-4-2/h27-38,41-42H,3-26,39-40,53-54H2,1-2H3. The van der Waals surface area contributed by atoms with Gasteiger partial charge < -0.3 is 11.5 Å². The zero-order valence-corrected chi connectivity index (χ0v) is 34.6. The molecular formula is C52H76N2. The minimum absolute atomic E-state index is 0.955. The van der Waals surface area contributed by atoms with Crippen LogP contribution in [-0.2, 0) is 38.5 Å². The Hall–Kier alpha value is -3.52. The van der Waals surface area contributed by atoms with E-state index in [2.05, 4.69) is 98.8 Å². The molecule has 0 aliphatic heterocycles. The van der Waals surface area contributed by atoms with Crippen molar-refractivity contribution < 1.29 is 0 Å². The average Bonchev–Trinajstić information content (AvgIpc) is 3.18. The van der Waals surface area contributed by atoms with Gasteiger partial charge in [0.05, 0.1) is 0 Å². The Morgan fingerprint density at radius 3 is 0.926 bits per heavy atom. The Bertz CT molecular complexity index is 1430. The van der Waals surface area contributed by atoms with E-state index in [4.69, 9.17) is 11.5 Å². The monoisotopic (exact) mass is 729 g/mol. The van der Waals surface area contributed by atoms with Gasteiger partial charge in [-0.25, -0.2) is 0 Å². The van der Waals surface area contributed by atoms with Crippen LogP contribution in [0.4, 0.5) is 11.4 Å². The van der Waals surface area contributed by atoms with E-state index in [9.17, 15) is 0 Å². The highest BCUT2D eigenvalue weighted by Gasteiger charge is 2.06. The molecule has 0 aliphatic rings. The Morgan fingerprint density at radius 1 is 0.296 bits per heavy atom. The maximum absolute atomic E-state index is 6.31. The van der Waals surface area contributed by atoms with Crippen molar-refractivity contribution in [3.63, 3.8) is 0 Å². The molecule has 0 fully saturated rings. The van der Waals surface area contributed by atoms with Crippen molar-refractivity contribution in [2.75, 3.05) is 11.5 Å². The zero-order valence-electron chi connectivity index (χ0n) is 34.6. The minimum atomic E-state index is 0.955. The summed E-state index contributed by atoms with van der Waals surface area (Å²) in [6.45, 7) is 4.55. The smallest absolute Gasteiger partial charge is 0.0346 e. The molecule has 0 spiro atoms. The van der Waals surface area contributed by atoms with Gasteiger partial charge in [0.2, 0.25) is 0 Å². The van der Waals surface area contributed by atoms with E-state index in [1.54, 1.807) is 0 Å². The zero-order chi connectivity index (χ0) is 38.1. The summed E-state index contributed by atoms with van der Waals surface area (Å²) in [4.78, 5) is 0. The van der Waals surface area contributed by atoms with E-state index < -0.39 is 0 Å². The van der Waals surface area contributed by atoms with E-state index in [0.29, 0.717) is 0 Å². The number of benzene rings is 4. The first-order chi connectivity index (χ1) is 26.5. The van der Waals surface area contributed by atoms with Crippen LogP contribution < -0.4 is 11.5 Å². The summed E-state index contributed by atoms with van der Waals surface area (Å²) in [6.07, 6.45) is 33.3. The van der Waals surface area contributed by atoms with Gasteiger partial charge in [-0.15, -0.1) is 0 Å². The number of unbranched alkanes of at least 4 members (excludes halogenated alkanes) is 17. The summed E-state index contributed by atoms with van der Waals surface area (Å²) in [5.74, 6) is 0.